The van der Waals surface area contributed by atoms with Crippen molar-refractivity contribution in [1.29, 1.82) is 0 Å². The van der Waals surface area contributed by atoms with E-state index in [1.807, 2.05) is 23.1 Å². The SMILES string of the molecule is O=C1Nc2ccccc2CN1C[C@@H]1CCCNC1. The van der Waals surface area contributed by atoms with Crippen LogP contribution in [0.4, 0.5) is 10.5 Å². The van der Waals surface area contributed by atoms with E-state index >= 15 is 0 Å². The van der Waals surface area contributed by atoms with Crippen LogP contribution in [-0.4, -0.2) is 30.6 Å². The number of hydrogen-bond donors (Lipinski definition) is 2. The molecule has 0 unspecified atom stereocenters. The van der Waals surface area contributed by atoms with Gasteiger partial charge in [0.25, 0.3) is 0 Å². The second-order valence-electron chi connectivity index (χ2n) is 5.18. The summed E-state index contributed by atoms with van der Waals surface area (Å²) in [6, 6.07) is 8.07. The predicted octanol–water partition coefficient (Wildman–Crippen LogP) is 2.03. The van der Waals surface area contributed by atoms with E-state index in [4.69, 9.17) is 0 Å². The van der Waals surface area contributed by atoms with Crippen molar-refractivity contribution in [2.75, 3.05) is 25.0 Å². The number of para-hydroxylation sites is 1. The first-order valence-electron chi connectivity index (χ1n) is 6.67. The van der Waals surface area contributed by atoms with E-state index in [-0.39, 0.29) is 6.03 Å². The van der Waals surface area contributed by atoms with Crippen LogP contribution in [0.5, 0.6) is 0 Å². The van der Waals surface area contributed by atoms with Crippen LogP contribution in [0, 0.1) is 5.92 Å². The molecule has 2 heterocycles. The third kappa shape index (κ3) is 2.34. The molecule has 0 bridgehead atoms. The van der Waals surface area contributed by atoms with Crippen LogP contribution < -0.4 is 10.6 Å². The average molecular weight is 245 g/mol. The number of anilines is 1. The van der Waals surface area contributed by atoms with Crippen molar-refractivity contribution in [3.63, 3.8) is 0 Å². The van der Waals surface area contributed by atoms with E-state index in [0.29, 0.717) is 5.92 Å². The van der Waals surface area contributed by atoms with E-state index < -0.39 is 0 Å². The number of amides is 2. The zero-order valence-electron chi connectivity index (χ0n) is 10.5. The maximum Gasteiger partial charge on any atom is 0.322 e. The molecule has 1 fully saturated rings. The van der Waals surface area contributed by atoms with Crippen LogP contribution in [0.25, 0.3) is 0 Å². The molecule has 1 atom stereocenters. The molecule has 0 radical (unpaired) electrons. The van der Waals surface area contributed by atoms with Gasteiger partial charge in [-0.15, -0.1) is 0 Å². The van der Waals surface area contributed by atoms with Gasteiger partial charge in [0.05, 0.1) is 0 Å². The lowest BCUT2D eigenvalue weighted by Crippen LogP contribution is -2.44. The summed E-state index contributed by atoms with van der Waals surface area (Å²) in [6.07, 6.45) is 2.44. The number of carbonyl (C=O) groups excluding carboxylic acids is 1. The number of hydrogen-bond acceptors (Lipinski definition) is 2. The summed E-state index contributed by atoms with van der Waals surface area (Å²) in [5.74, 6) is 0.592. The van der Waals surface area contributed by atoms with Gasteiger partial charge in [0.15, 0.2) is 0 Å². The Morgan fingerprint density at radius 2 is 2.22 bits per heavy atom. The van der Waals surface area contributed by atoms with Crippen molar-refractivity contribution in [1.82, 2.24) is 10.2 Å². The normalized spacial score (nSPS) is 23.4. The number of piperidine rings is 1. The van der Waals surface area contributed by atoms with Crippen molar-refractivity contribution in [3.8, 4) is 0 Å². The first-order chi connectivity index (χ1) is 8.83. The third-order valence-corrected chi connectivity index (χ3v) is 3.78. The Morgan fingerprint density at radius 3 is 3.06 bits per heavy atom. The molecule has 0 spiro atoms. The third-order valence-electron chi connectivity index (χ3n) is 3.78. The van der Waals surface area contributed by atoms with Crippen molar-refractivity contribution in [2.24, 2.45) is 5.92 Å². The van der Waals surface area contributed by atoms with Crippen LogP contribution in [0.2, 0.25) is 0 Å². The molecule has 2 aliphatic heterocycles. The van der Waals surface area contributed by atoms with E-state index in [0.717, 1.165) is 31.9 Å². The summed E-state index contributed by atoms with van der Waals surface area (Å²) in [4.78, 5) is 14.0. The van der Waals surface area contributed by atoms with Gasteiger partial charge in [0, 0.05) is 18.8 Å². The van der Waals surface area contributed by atoms with Crippen LogP contribution in [0.15, 0.2) is 24.3 Å². The van der Waals surface area contributed by atoms with Gasteiger partial charge in [-0.05, 0) is 43.5 Å². The summed E-state index contributed by atoms with van der Waals surface area (Å²) in [5.41, 5.74) is 2.17. The van der Waals surface area contributed by atoms with Gasteiger partial charge in [-0.3, -0.25) is 0 Å². The zero-order chi connectivity index (χ0) is 12.4. The number of fused-ring (bicyclic) bond motifs is 1. The Kier molecular flexibility index (Phi) is 3.19. The van der Waals surface area contributed by atoms with Gasteiger partial charge in [-0.1, -0.05) is 18.2 Å². The summed E-state index contributed by atoms with van der Waals surface area (Å²) in [7, 11) is 0. The summed E-state index contributed by atoms with van der Waals surface area (Å²) in [6.45, 7) is 3.74. The van der Waals surface area contributed by atoms with Gasteiger partial charge < -0.3 is 15.5 Å². The minimum atomic E-state index is 0.0410. The molecule has 96 valence electrons. The fraction of sp³-hybridized carbons (Fsp3) is 0.500. The molecule has 2 aliphatic rings. The van der Waals surface area contributed by atoms with Gasteiger partial charge in [0.2, 0.25) is 0 Å². The highest BCUT2D eigenvalue weighted by atomic mass is 16.2. The Labute approximate surface area is 107 Å². The Hall–Kier alpha value is -1.55. The van der Waals surface area contributed by atoms with Crippen LogP contribution in [-0.2, 0) is 6.54 Å². The van der Waals surface area contributed by atoms with E-state index in [9.17, 15) is 4.79 Å². The minimum Gasteiger partial charge on any atom is -0.320 e. The fourth-order valence-corrected chi connectivity index (χ4v) is 2.79. The van der Waals surface area contributed by atoms with E-state index in [2.05, 4.69) is 16.7 Å². The average Bonchev–Trinajstić information content (AvgIpc) is 2.41. The zero-order valence-corrected chi connectivity index (χ0v) is 10.5. The highest BCUT2D eigenvalue weighted by Crippen LogP contribution is 2.24. The molecule has 2 N–H and O–H groups in total. The van der Waals surface area contributed by atoms with Crippen LogP contribution >= 0.6 is 0 Å². The lowest BCUT2D eigenvalue weighted by Gasteiger charge is -2.33. The summed E-state index contributed by atoms with van der Waals surface area (Å²) in [5, 5.41) is 6.37. The molecule has 3 rings (SSSR count). The first kappa shape index (κ1) is 11.5. The quantitative estimate of drug-likeness (QED) is 0.837. The van der Waals surface area contributed by atoms with Crippen molar-refractivity contribution in [2.45, 2.75) is 19.4 Å². The monoisotopic (exact) mass is 245 g/mol. The summed E-state index contributed by atoms with van der Waals surface area (Å²) < 4.78 is 0. The fourth-order valence-electron chi connectivity index (χ4n) is 2.79. The first-order valence-corrected chi connectivity index (χ1v) is 6.67. The highest BCUT2D eigenvalue weighted by Gasteiger charge is 2.25. The molecule has 0 aliphatic carbocycles. The van der Waals surface area contributed by atoms with Gasteiger partial charge in [-0.25, -0.2) is 4.79 Å². The van der Waals surface area contributed by atoms with Crippen molar-refractivity contribution >= 4 is 11.7 Å². The molecule has 1 aromatic rings. The van der Waals surface area contributed by atoms with Crippen LogP contribution in [0.1, 0.15) is 18.4 Å². The van der Waals surface area contributed by atoms with Crippen LogP contribution in [0.3, 0.4) is 0 Å². The number of nitrogens with zero attached hydrogens (tertiary/aromatic N) is 1. The van der Waals surface area contributed by atoms with Gasteiger partial charge in [0.1, 0.15) is 0 Å². The molecule has 18 heavy (non-hydrogen) atoms. The Balaban J connectivity index is 1.68. The molecule has 0 saturated carbocycles. The second-order valence-corrected chi connectivity index (χ2v) is 5.18. The number of carbonyl (C=O) groups is 1. The number of benzene rings is 1. The molecular weight excluding hydrogens is 226 g/mol. The topological polar surface area (TPSA) is 44.4 Å². The van der Waals surface area contributed by atoms with Crippen molar-refractivity contribution < 1.29 is 4.79 Å². The summed E-state index contributed by atoms with van der Waals surface area (Å²) >= 11 is 0. The van der Waals surface area contributed by atoms with Crippen molar-refractivity contribution in [3.05, 3.63) is 29.8 Å². The number of rotatable bonds is 2. The number of nitrogens with one attached hydrogen (secondary N) is 2. The molecule has 1 aromatic carbocycles. The minimum absolute atomic E-state index is 0.0410. The van der Waals surface area contributed by atoms with Gasteiger partial charge in [-0.2, -0.15) is 0 Å². The molecule has 1 saturated heterocycles. The molecule has 4 nitrogen and oxygen atoms in total. The lowest BCUT2D eigenvalue weighted by atomic mass is 9.98. The maximum absolute atomic E-state index is 12.0. The predicted molar refractivity (Wildman–Crippen MR) is 71.5 cm³/mol. The smallest absolute Gasteiger partial charge is 0.320 e. The Morgan fingerprint density at radius 1 is 1.33 bits per heavy atom. The maximum atomic E-state index is 12.0. The van der Waals surface area contributed by atoms with E-state index in [1.54, 1.807) is 0 Å². The molecular formula is C14H19N3O. The number of urea groups is 1. The second kappa shape index (κ2) is 4.98. The highest BCUT2D eigenvalue weighted by molar-refractivity contribution is 5.92. The Bertz CT molecular complexity index is 440. The van der Waals surface area contributed by atoms with E-state index in [1.165, 1.54) is 18.4 Å². The molecule has 4 heteroatoms. The molecule has 0 aromatic heterocycles. The van der Waals surface area contributed by atoms with Gasteiger partial charge >= 0.3 is 6.03 Å². The largest absolute Gasteiger partial charge is 0.322 e. The molecule has 2 amide bonds. The standard InChI is InChI=1S/C14H19N3O/c18-14-16-13-6-2-1-5-12(13)10-17(14)9-11-4-3-7-15-8-11/h1-2,5-6,11,15H,3-4,7-10H2,(H,16,18)/t11-/m1/s1. The lowest BCUT2D eigenvalue weighted by molar-refractivity contribution is 0.187.